The molecular formula is C16H30N2O2. The second kappa shape index (κ2) is 6.44. The molecule has 2 aliphatic rings. The highest BCUT2D eigenvalue weighted by Gasteiger charge is 2.37. The molecule has 1 N–H and O–H groups in total. The van der Waals surface area contributed by atoms with Crippen molar-refractivity contribution in [3.8, 4) is 0 Å². The van der Waals surface area contributed by atoms with Gasteiger partial charge in [-0.15, -0.1) is 0 Å². The van der Waals surface area contributed by atoms with Crippen LogP contribution < -0.4 is 5.32 Å². The van der Waals surface area contributed by atoms with Crippen LogP contribution in [-0.2, 0) is 9.53 Å². The van der Waals surface area contributed by atoms with Crippen LogP contribution in [0.15, 0.2) is 0 Å². The van der Waals surface area contributed by atoms with Crippen LogP contribution in [0, 0.1) is 0 Å². The summed E-state index contributed by atoms with van der Waals surface area (Å²) in [5, 5.41) is 3.64. The van der Waals surface area contributed by atoms with E-state index in [-0.39, 0.29) is 18.1 Å². The molecule has 0 aromatic carbocycles. The highest BCUT2D eigenvalue weighted by Crippen LogP contribution is 2.30. The van der Waals surface area contributed by atoms with E-state index in [1.54, 1.807) is 0 Å². The van der Waals surface area contributed by atoms with Crippen LogP contribution in [0.4, 0.5) is 0 Å². The molecule has 0 aromatic rings. The lowest BCUT2D eigenvalue weighted by atomic mass is 9.98. The molecule has 2 saturated heterocycles. The Bertz CT molecular complexity index is 326. The third kappa shape index (κ3) is 4.19. The summed E-state index contributed by atoms with van der Waals surface area (Å²) in [5.74, 6) is 0.160. The number of carbonyl (C=O) groups excluding carboxylic acids is 1. The van der Waals surface area contributed by atoms with Crippen molar-refractivity contribution in [2.75, 3.05) is 13.2 Å². The minimum Gasteiger partial charge on any atom is -0.366 e. The zero-order chi connectivity index (χ0) is 14.8. The molecule has 2 rings (SSSR count). The first-order valence-electron chi connectivity index (χ1n) is 8.08. The Morgan fingerprint density at radius 3 is 2.35 bits per heavy atom. The number of hydrogen-bond acceptors (Lipinski definition) is 3. The number of ether oxygens (including phenoxy) is 1. The summed E-state index contributed by atoms with van der Waals surface area (Å²) in [6.07, 6.45) is 5.78. The summed E-state index contributed by atoms with van der Waals surface area (Å²) in [5.41, 5.74) is -0.249. The highest BCUT2D eigenvalue weighted by molar-refractivity contribution is 5.77. The fourth-order valence-corrected chi connectivity index (χ4v) is 3.39. The molecule has 2 heterocycles. The van der Waals surface area contributed by atoms with Gasteiger partial charge in [0.25, 0.3) is 0 Å². The van der Waals surface area contributed by atoms with Gasteiger partial charge < -0.3 is 15.0 Å². The predicted molar refractivity (Wildman–Crippen MR) is 80.7 cm³/mol. The highest BCUT2D eigenvalue weighted by atomic mass is 16.5. The Labute approximate surface area is 123 Å². The Balaban J connectivity index is 1.93. The maximum Gasteiger partial charge on any atom is 0.248 e. The summed E-state index contributed by atoms with van der Waals surface area (Å²) in [6.45, 7) is 9.19. The molecular weight excluding hydrogens is 252 g/mol. The smallest absolute Gasteiger partial charge is 0.248 e. The van der Waals surface area contributed by atoms with Gasteiger partial charge in [-0.1, -0.05) is 6.92 Å². The zero-order valence-corrected chi connectivity index (χ0v) is 13.4. The lowest BCUT2D eigenvalue weighted by Crippen LogP contribution is -2.51. The second-order valence-electron chi connectivity index (χ2n) is 7.25. The summed E-state index contributed by atoms with van der Waals surface area (Å²) in [4.78, 5) is 14.6. The predicted octanol–water partition coefficient (Wildman–Crippen LogP) is 2.32. The molecule has 2 fully saturated rings. The molecule has 0 aromatic heterocycles. The third-order valence-corrected chi connectivity index (χ3v) is 4.30. The molecule has 1 amide bonds. The molecule has 4 nitrogen and oxygen atoms in total. The first-order chi connectivity index (χ1) is 9.39. The topological polar surface area (TPSA) is 41.6 Å². The normalized spacial score (nSPS) is 29.5. The number of carbonyl (C=O) groups is 1. The third-order valence-electron chi connectivity index (χ3n) is 4.30. The molecule has 4 heteroatoms. The molecule has 0 spiro atoms. The molecule has 2 atom stereocenters. The number of rotatable bonds is 5. The van der Waals surface area contributed by atoms with Gasteiger partial charge in [0.2, 0.25) is 5.91 Å². The quantitative estimate of drug-likeness (QED) is 0.841. The molecule has 0 radical (unpaired) electrons. The molecule has 2 bridgehead atoms. The van der Waals surface area contributed by atoms with E-state index in [1.807, 2.05) is 20.8 Å². The largest absolute Gasteiger partial charge is 0.366 e. The number of nitrogens with zero attached hydrogens (tertiary/aromatic N) is 1. The summed E-state index contributed by atoms with van der Waals surface area (Å²) < 4.78 is 5.67. The van der Waals surface area contributed by atoms with E-state index in [9.17, 15) is 4.79 Å². The van der Waals surface area contributed by atoms with Crippen LogP contribution in [0.3, 0.4) is 0 Å². The summed E-state index contributed by atoms with van der Waals surface area (Å²) in [6, 6.07) is 1.65. The van der Waals surface area contributed by atoms with Crippen molar-refractivity contribution in [2.45, 2.75) is 83.5 Å². The maximum absolute atomic E-state index is 12.5. The SMILES string of the molecule is CCCN(C(=O)COC(C)(C)C)C1CC2CCC(C1)N2. The number of hydrogen-bond donors (Lipinski definition) is 1. The number of fused-ring (bicyclic) bond motifs is 2. The Hall–Kier alpha value is -0.610. The molecule has 20 heavy (non-hydrogen) atoms. The fourth-order valence-electron chi connectivity index (χ4n) is 3.39. The van der Waals surface area contributed by atoms with E-state index in [0.717, 1.165) is 25.8 Å². The van der Waals surface area contributed by atoms with Crippen molar-refractivity contribution >= 4 is 5.91 Å². The van der Waals surface area contributed by atoms with Crippen molar-refractivity contribution in [1.82, 2.24) is 10.2 Å². The van der Waals surface area contributed by atoms with Gasteiger partial charge in [0, 0.05) is 24.7 Å². The minimum absolute atomic E-state index is 0.160. The summed E-state index contributed by atoms with van der Waals surface area (Å²) in [7, 11) is 0. The van der Waals surface area contributed by atoms with Gasteiger partial charge in [-0.25, -0.2) is 0 Å². The van der Waals surface area contributed by atoms with E-state index < -0.39 is 0 Å². The standard InChI is InChI=1S/C16H30N2O2/c1-5-8-18(15(19)11-20-16(2,3)4)14-9-12-6-7-13(10-14)17-12/h12-14,17H,5-11H2,1-4H3. The van der Waals surface area contributed by atoms with E-state index in [4.69, 9.17) is 4.74 Å². The molecule has 0 saturated carbocycles. The van der Waals surface area contributed by atoms with Crippen LogP contribution in [-0.4, -0.2) is 47.7 Å². The zero-order valence-electron chi connectivity index (χ0n) is 13.4. The van der Waals surface area contributed by atoms with E-state index in [1.165, 1.54) is 12.8 Å². The van der Waals surface area contributed by atoms with Crippen LogP contribution >= 0.6 is 0 Å². The molecule has 116 valence electrons. The number of nitrogens with one attached hydrogen (secondary N) is 1. The average Bonchev–Trinajstić information content (AvgIpc) is 2.71. The van der Waals surface area contributed by atoms with Crippen molar-refractivity contribution < 1.29 is 9.53 Å². The first-order valence-corrected chi connectivity index (χ1v) is 8.08. The van der Waals surface area contributed by atoms with Gasteiger partial charge in [0.15, 0.2) is 0 Å². The molecule has 2 aliphatic heterocycles. The van der Waals surface area contributed by atoms with Gasteiger partial charge >= 0.3 is 0 Å². The number of piperidine rings is 1. The second-order valence-corrected chi connectivity index (χ2v) is 7.25. The van der Waals surface area contributed by atoms with Gasteiger partial charge in [0.05, 0.1) is 5.60 Å². The Morgan fingerprint density at radius 2 is 1.85 bits per heavy atom. The van der Waals surface area contributed by atoms with Crippen LogP contribution in [0.1, 0.15) is 59.8 Å². The monoisotopic (exact) mass is 282 g/mol. The van der Waals surface area contributed by atoms with Gasteiger partial charge in [-0.05, 0) is 52.9 Å². The lowest BCUT2D eigenvalue weighted by molar-refractivity contribution is -0.144. The van der Waals surface area contributed by atoms with Gasteiger partial charge in [-0.2, -0.15) is 0 Å². The van der Waals surface area contributed by atoms with Crippen molar-refractivity contribution in [3.05, 3.63) is 0 Å². The van der Waals surface area contributed by atoms with Crippen LogP contribution in [0.5, 0.6) is 0 Å². The van der Waals surface area contributed by atoms with Crippen LogP contribution in [0.2, 0.25) is 0 Å². The average molecular weight is 282 g/mol. The molecule has 0 aliphatic carbocycles. The molecule has 2 unspecified atom stereocenters. The van der Waals surface area contributed by atoms with E-state index >= 15 is 0 Å². The van der Waals surface area contributed by atoms with Crippen molar-refractivity contribution in [2.24, 2.45) is 0 Å². The minimum atomic E-state index is -0.249. The van der Waals surface area contributed by atoms with Gasteiger partial charge in [0.1, 0.15) is 6.61 Å². The Kier molecular flexibility index (Phi) is 5.08. The van der Waals surface area contributed by atoms with Gasteiger partial charge in [-0.3, -0.25) is 4.79 Å². The van der Waals surface area contributed by atoms with Crippen molar-refractivity contribution in [3.63, 3.8) is 0 Å². The van der Waals surface area contributed by atoms with E-state index in [0.29, 0.717) is 18.1 Å². The van der Waals surface area contributed by atoms with Crippen LogP contribution in [0.25, 0.3) is 0 Å². The van der Waals surface area contributed by atoms with Crippen molar-refractivity contribution in [1.29, 1.82) is 0 Å². The Morgan fingerprint density at radius 1 is 1.25 bits per heavy atom. The summed E-state index contributed by atoms with van der Waals surface area (Å²) >= 11 is 0. The lowest BCUT2D eigenvalue weighted by Gasteiger charge is -2.38. The number of amides is 1. The maximum atomic E-state index is 12.5. The van der Waals surface area contributed by atoms with E-state index in [2.05, 4.69) is 17.1 Å². The first kappa shape index (κ1) is 15.8. The fraction of sp³-hybridized carbons (Fsp3) is 0.938.